The Balaban J connectivity index is 2.12. The number of nitriles is 1. The summed E-state index contributed by atoms with van der Waals surface area (Å²) in [6.07, 6.45) is 8.69. The topological polar surface area (TPSA) is 50.7 Å². The number of aromatic nitrogens is 1. The van der Waals surface area contributed by atoms with Crippen LogP contribution in [0.2, 0.25) is 0 Å². The van der Waals surface area contributed by atoms with E-state index in [9.17, 15) is 10.5 Å². The summed E-state index contributed by atoms with van der Waals surface area (Å²) in [5, 5.41) is 21.6. The van der Waals surface area contributed by atoms with E-state index in [1.54, 1.807) is 12.3 Å². The van der Waals surface area contributed by atoms with Gasteiger partial charge in [-0.1, -0.05) is 25.5 Å². The van der Waals surface area contributed by atoms with Crippen molar-refractivity contribution in [1.82, 2.24) is 0 Å². The monoisotopic (exact) mass is 294 g/mol. The SMILES string of the molecule is CC1(C)C=C(c2cccc[n+]2[O-])C2=C(CCCC(C#N)C2)C1. The van der Waals surface area contributed by atoms with E-state index in [2.05, 4.69) is 26.0 Å². The molecule has 0 bridgehead atoms. The van der Waals surface area contributed by atoms with Crippen LogP contribution in [-0.4, -0.2) is 0 Å². The highest BCUT2D eigenvalue weighted by molar-refractivity contribution is 5.79. The molecule has 1 aromatic rings. The van der Waals surface area contributed by atoms with Gasteiger partial charge < -0.3 is 5.21 Å². The summed E-state index contributed by atoms with van der Waals surface area (Å²) in [5.74, 6) is 0.0703. The van der Waals surface area contributed by atoms with E-state index in [4.69, 9.17) is 0 Å². The number of pyridine rings is 1. The van der Waals surface area contributed by atoms with Gasteiger partial charge in [0.15, 0.2) is 6.20 Å². The van der Waals surface area contributed by atoms with Crippen LogP contribution in [0.4, 0.5) is 0 Å². The molecule has 1 atom stereocenters. The highest BCUT2D eigenvalue weighted by Gasteiger charge is 2.33. The molecule has 3 heteroatoms. The third-order valence-electron chi connectivity index (χ3n) is 4.72. The van der Waals surface area contributed by atoms with Gasteiger partial charge in [-0.2, -0.15) is 9.99 Å². The van der Waals surface area contributed by atoms with E-state index in [1.807, 2.05) is 12.1 Å². The number of nitrogens with zero attached hydrogens (tertiary/aromatic N) is 2. The van der Waals surface area contributed by atoms with Crippen molar-refractivity contribution in [3.63, 3.8) is 0 Å². The van der Waals surface area contributed by atoms with Gasteiger partial charge in [0, 0.05) is 17.7 Å². The Morgan fingerprint density at radius 3 is 2.91 bits per heavy atom. The second-order valence-electron chi connectivity index (χ2n) is 7.14. The van der Waals surface area contributed by atoms with Crippen molar-refractivity contribution in [2.24, 2.45) is 11.3 Å². The first-order valence-corrected chi connectivity index (χ1v) is 8.02. The number of hydrogen-bond acceptors (Lipinski definition) is 2. The zero-order valence-electron chi connectivity index (χ0n) is 13.3. The number of hydrogen-bond donors (Lipinski definition) is 0. The fourth-order valence-corrected chi connectivity index (χ4v) is 3.76. The van der Waals surface area contributed by atoms with Crippen molar-refractivity contribution >= 4 is 5.57 Å². The van der Waals surface area contributed by atoms with Gasteiger partial charge in [0.05, 0.1) is 12.0 Å². The molecule has 3 nitrogen and oxygen atoms in total. The molecule has 1 heterocycles. The molecule has 2 aliphatic rings. The summed E-state index contributed by atoms with van der Waals surface area (Å²) in [7, 11) is 0. The van der Waals surface area contributed by atoms with Crippen LogP contribution in [0, 0.1) is 27.9 Å². The second kappa shape index (κ2) is 5.61. The van der Waals surface area contributed by atoms with Crippen LogP contribution in [0.5, 0.6) is 0 Å². The molecule has 22 heavy (non-hydrogen) atoms. The van der Waals surface area contributed by atoms with Crippen LogP contribution >= 0.6 is 0 Å². The number of allylic oxidation sites excluding steroid dienone is 4. The third kappa shape index (κ3) is 2.78. The lowest BCUT2D eigenvalue weighted by molar-refractivity contribution is -0.608. The predicted molar refractivity (Wildman–Crippen MR) is 86.4 cm³/mol. The maximum absolute atomic E-state index is 12.2. The molecule has 2 aliphatic carbocycles. The smallest absolute Gasteiger partial charge is 0.223 e. The average molecular weight is 294 g/mol. The van der Waals surface area contributed by atoms with Crippen LogP contribution in [0.25, 0.3) is 5.57 Å². The Morgan fingerprint density at radius 2 is 2.18 bits per heavy atom. The van der Waals surface area contributed by atoms with E-state index in [0.29, 0.717) is 5.69 Å². The largest absolute Gasteiger partial charge is 0.618 e. The van der Waals surface area contributed by atoms with E-state index >= 15 is 0 Å². The second-order valence-corrected chi connectivity index (χ2v) is 7.14. The minimum absolute atomic E-state index is 0.0590. The van der Waals surface area contributed by atoms with Crippen LogP contribution in [0.3, 0.4) is 0 Å². The van der Waals surface area contributed by atoms with E-state index in [0.717, 1.165) is 42.4 Å². The molecular weight excluding hydrogens is 272 g/mol. The van der Waals surface area contributed by atoms with Gasteiger partial charge in [-0.15, -0.1) is 0 Å². The molecule has 0 spiro atoms. The van der Waals surface area contributed by atoms with Crippen molar-refractivity contribution in [2.75, 3.05) is 0 Å². The minimum Gasteiger partial charge on any atom is -0.618 e. The first-order chi connectivity index (χ1) is 10.5. The van der Waals surface area contributed by atoms with E-state index < -0.39 is 0 Å². The average Bonchev–Trinajstić information content (AvgIpc) is 2.68. The predicted octanol–water partition coefficient (Wildman–Crippen LogP) is 4.14. The van der Waals surface area contributed by atoms with Crippen molar-refractivity contribution in [3.8, 4) is 6.07 Å². The maximum atomic E-state index is 12.2. The molecule has 0 N–H and O–H groups in total. The molecule has 0 saturated carbocycles. The Morgan fingerprint density at radius 1 is 1.36 bits per heavy atom. The minimum atomic E-state index is 0.0590. The lowest BCUT2D eigenvalue weighted by Crippen LogP contribution is -2.32. The molecule has 0 amide bonds. The van der Waals surface area contributed by atoms with Crippen LogP contribution in [0.15, 0.2) is 41.6 Å². The van der Waals surface area contributed by atoms with E-state index in [1.165, 1.54) is 11.1 Å². The Labute approximate surface area is 132 Å². The van der Waals surface area contributed by atoms with Crippen LogP contribution < -0.4 is 4.73 Å². The molecule has 1 aromatic heterocycles. The molecule has 0 fully saturated rings. The summed E-state index contributed by atoms with van der Waals surface area (Å²) >= 11 is 0. The quantitative estimate of drug-likeness (QED) is 0.577. The highest BCUT2D eigenvalue weighted by Crippen LogP contribution is 2.46. The molecular formula is C19H22N2O. The fourth-order valence-electron chi connectivity index (χ4n) is 3.76. The van der Waals surface area contributed by atoms with Gasteiger partial charge in [0.2, 0.25) is 5.69 Å². The summed E-state index contributed by atoms with van der Waals surface area (Å²) in [4.78, 5) is 0. The molecule has 114 valence electrons. The van der Waals surface area contributed by atoms with Crippen LogP contribution in [0.1, 0.15) is 51.6 Å². The summed E-state index contributed by atoms with van der Waals surface area (Å²) in [6.45, 7) is 4.45. The van der Waals surface area contributed by atoms with Crippen molar-refractivity contribution < 1.29 is 4.73 Å². The van der Waals surface area contributed by atoms with Crippen LogP contribution in [-0.2, 0) is 0 Å². The fraction of sp³-hybridized carbons (Fsp3) is 0.474. The van der Waals surface area contributed by atoms with Gasteiger partial charge in [0.1, 0.15) is 0 Å². The summed E-state index contributed by atoms with van der Waals surface area (Å²) in [6, 6.07) is 7.99. The molecule has 0 aromatic carbocycles. The van der Waals surface area contributed by atoms with Crippen molar-refractivity contribution in [3.05, 3.63) is 52.5 Å². The van der Waals surface area contributed by atoms with Gasteiger partial charge in [-0.05, 0) is 49.2 Å². The molecule has 0 aliphatic heterocycles. The zero-order valence-corrected chi connectivity index (χ0v) is 13.3. The van der Waals surface area contributed by atoms with Gasteiger partial charge in [0.25, 0.3) is 0 Å². The van der Waals surface area contributed by atoms with Crippen molar-refractivity contribution in [1.29, 1.82) is 5.26 Å². The van der Waals surface area contributed by atoms with Gasteiger partial charge >= 0.3 is 0 Å². The Bertz CT molecular complexity index is 692. The molecule has 0 radical (unpaired) electrons. The first kappa shape index (κ1) is 14.8. The Hall–Kier alpha value is -2.08. The van der Waals surface area contributed by atoms with E-state index in [-0.39, 0.29) is 11.3 Å². The molecule has 3 rings (SSSR count). The highest BCUT2D eigenvalue weighted by atomic mass is 16.5. The van der Waals surface area contributed by atoms with Crippen molar-refractivity contribution in [2.45, 2.75) is 46.0 Å². The first-order valence-electron chi connectivity index (χ1n) is 8.02. The summed E-state index contributed by atoms with van der Waals surface area (Å²) in [5.41, 5.74) is 4.51. The molecule has 1 unspecified atom stereocenters. The number of rotatable bonds is 1. The maximum Gasteiger partial charge on any atom is 0.223 e. The lowest BCUT2D eigenvalue weighted by atomic mass is 9.73. The Kier molecular flexibility index (Phi) is 3.78. The molecule has 0 saturated heterocycles. The van der Waals surface area contributed by atoms with Gasteiger partial charge in [-0.25, -0.2) is 0 Å². The lowest BCUT2D eigenvalue weighted by Gasteiger charge is -2.31. The third-order valence-corrected chi connectivity index (χ3v) is 4.72. The zero-order chi connectivity index (χ0) is 15.7. The van der Waals surface area contributed by atoms with Gasteiger partial charge in [-0.3, -0.25) is 0 Å². The standard InChI is InChI=1S/C19H22N2O/c1-19(2)11-15-7-5-6-14(13-20)10-16(15)17(12-19)18-8-3-4-9-21(18)22/h3-4,8-9,12,14H,5-7,10-11H2,1-2H3. The normalized spacial score (nSPS) is 24.0. The summed E-state index contributed by atoms with van der Waals surface area (Å²) < 4.78 is 0.949.